The maximum absolute atomic E-state index is 6.11. The van der Waals surface area contributed by atoms with Gasteiger partial charge in [0.1, 0.15) is 0 Å². The lowest BCUT2D eigenvalue weighted by molar-refractivity contribution is 0.0767. The number of benzene rings is 1. The quantitative estimate of drug-likeness (QED) is 0.824. The summed E-state index contributed by atoms with van der Waals surface area (Å²) in [4.78, 5) is 2.48. The summed E-state index contributed by atoms with van der Waals surface area (Å²) < 4.78 is 5.36. The lowest BCUT2D eigenvalue weighted by atomic mass is 10.0. The second-order valence-electron chi connectivity index (χ2n) is 4.74. The van der Waals surface area contributed by atoms with Gasteiger partial charge in [-0.15, -0.1) is 0 Å². The van der Waals surface area contributed by atoms with Gasteiger partial charge in [0.05, 0.1) is 22.7 Å². The third-order valence-electron chi connectivity index (χ3n) is 3.48. The van der Waals surface area contributed by atoms with E-state index in [1.807, 2.05) is 18.2 Å². The Bertz CT molecular complexity index is 391. The molecule has 1 aromatic carbocycles. The van der Waals surface area contributed by atoms with Gasteiger partial charge in [0.2, 0.25) is 0 Å². The van der Waals surface area contributed by atoms with E-state index >= 15 is 0 Å². The molecule has 0 spiro atoms. The van der Waals surface area contributed by atoms with Crippen LogP contribution in [0.25, 0.3) is 0 Å². The van der Waals surface area contributed by atoms with Crippen molar-refractivity contribution in [2.75, 3.05) is 26.8 Å². The van der Waals surface area contributed by atoms with Gasteiger partial charge in [-0.25, -0.2) is 0 Å². The Morgan fingerprint density at radius 2 is 1.89 bits per heavy atom. The minimum Gasteiger partial charge on any atom is -0.383 e. The molecule has 1 fully saturated rings. The molecule has 18 heavy (non-hydrogen) atoms. The summed E-state index contributed by atoms with van der Waals surface area (Å²) in [6.45, 7) is 2.96. The van der Waals surface area contributed by atoms with Crippen molar-refractivity contribution in [1.29, 1.82) is 0 Å². The van der Waals surface area contributed by atoms with Gasteiger partial charge in [0.15, 0.2) is 0 Å². The number of hydrogen-bond acceptors (Lipinski definition) is 2. The van der Waals surface area contributed by atoms with Gasteiger partial charge in [-0.2, -0.15) is 0 Å². The Kier molecular flexibility index (Phi) is 5.31. The number of piperidine rings is 1. The Labute approximate surface area is 119 Å². The second-order valence-corrected chi connectivity index (χ2v) is 5.56. The lowest BCUT2D eigenvalue weighted by Crippen LogP contribution is -2.35. The minimum absolute atomic E-state index is 0.282. The highest BCUT2D eigenvalue weighted by Gasteiger charge is 2.22. The molecule has 0 N–H and O–H groups in total. The highest BCUT2D eigenvalue weighted by Crippen LogP contribution is 2.30. The molecule has 0 bridgehead atoms. The number of ether oxygens (including phenoxy) is 1. The molecular weight excluding hydrogens is 269 g/mol. The van der Waals surface area contributed by atoms with E-state index in [9.17, 15) is 0 Å². The summed E-state index contributed by atoms with van der Waals surface area (Å²) in [7, 11) is 1.74. The van der Waals surface area contributed by atoms with Gasteiger partial charge in [0.25, 0.3) is 0 Å². The van der Waals surface area contributed by atoms with E-state index < -0.39 is 0 Å². The van der Waals surface area contributed by atoms with E-state index in [2.05, 4.69) is 4.90 Å². The highest BCUT2D eigenvalue weighted by molar-refractivity contribution is 6.42. The van der Waals surface area contributed by atoms with Crippen LogP contribution in [0.1, 0.15) is 30.9 Å². The SMILES string of the molecule is COCC(c1ccc(Cl)c(Cl)c1)N1CCCCC1. The minimum atomic E-state index is 0.282. The Morgan fingerprint density at radius 3 is 2.50 bits per heavy atom. The smallest absolute Gasteiger partial charge is 0.0659 e. The van der Waals surface area contributed by atoms with Crippen LogP contribution in [0.3, 0.4) is 0 Å². The molecule has 1 aromatic rings. The predicted molar refractivity (Wildman–Crippen MR) is 76.5 cm³/mol. The lowest BCUT2D eigenvalue weighted by Gasteiger charge is -2.34. The summed E-state index contributed by atoms with van der Waals surface area (Å²) >= 11 is 12.1. The van der Waals surface area contributed by atoms with Crippen molar-refractivity contribution in [2.24, 2.45) is 0 Å². The van der Waals surface area contributed by atoms with Crippen molar-refractivity contribution in [3.05, 3.63) is 33.8 Å². The van der Waals surface area contributed by atoms with Gasteiger partial charge in [0, 0.05) is 7.11 Å². The summed E-state index contributed by atoms with van der Waals surface area (Å²) in [5, 5.41) is 1.22. The Morgan fingerprint density at radius 1 is 1.17 bits per heavy atom. The maximum Gasteiger partial charge on any atom is 0.0659 e. The molecule has 1 saturated heterocycles. The first-order valence-electron chi connectivity index (χ1n) is 6.40. The number of likely N-dealkylation sites (tertiary alicyclic amines) is 1. The molecule has 1 atom stereocenters. The van der Waals surface area contributed by atoms with E-state index in [1.54, 1.807) is 7.11 Å². The number of methoxy groups -OCH3 is 1. The van der Waals surface area contributed by atoms with Gasteiger partial charge in [-0.05, 0) is 43.6 Å². The van der Waals surface area contributed by atoms with Crippen LogP contribution in [-0.2, 0) is 4.74 Å². The fraction of sp³-hybridized carbons (Fsp3) is 0.571. The summed E-state index contributed by atoms with van der Waals surface area (Å²) in [5.41, 5.74) is 1.19. The predicted octanol–water partition coefficient (Wildman–Crippen LogP) is 4.17. The summed E-state index contributed by atoms with van der Waals surface area (Å²) in [6.07, 6.45) is 3.86. The number of halogens is 2. The number of hydrogen-bond donors (Lipinski definition) is 0. The van der Waals surface area contributed by atoms with Crippen LogP contribution in [0.15, 0.2) is 18.2 Å². The molecule has 0 radical (unpaired) electrons. The average molecular weight is 288 g/mol. The fourth-order valence-electron chi connectivity index (χ4n) is 2.52. The topological polar surface area (TPSA) is 12.5 Å². The largest absolute Gasteiger partial charge is 0.383 e. The average Bonchev–Trinajstić information content (AvgIpc) is 2.40. The fourth-order valence-corrected chi connectivity index (χ4v) is 2.83. The molecule has 4 heteroatoms. The first-order valence-corrected chi connectivity index (χ1v) is 7.16. The van der Waals surface area contributed by atoms with Gasteiger partial charge < -0.3 is 4.74 Å². The van der Waals surface area contributed by atoms with Crippen molar-refractivity contribution >= 4 is 23.2 Å². The first-order chi connectivity index (χ1) is 8.72. The Hall–Kier alpha value is -0.280. The Balaban J connectivity index is 2.19. The van der Waals surface area contributed by atoms with Crippen molar-refractivity contribution < 1.29 is 4.74 Å². The molecular formula is C14H19Cl2NO. The van der Waals surface area contributed by atoms with E-state index in [0.29, 0.717) is 16.7 Å². The molecule has 0 aliphatic carbocycles. The highest BCUT2D eigenvalue weighted by atomic mass is 35.5. The van der Waals surface area contributed by atoms with E-state index in [-0.39, 0.29) is 6.04 Å². The number of rotatable bonds is 4. The zero-order valence-electron chi connectivity index (χ0n) is 10.7. The van der Waals surface area contributed by atoms with Gasteiger partial charge in [-0.3, -0.25) is 4.90 Å². The molecule has 1 unspecified atom stereocenters. The monoisotopic (exact) mass is 287 g/mol. The molecule has 0 saturated carbocycles. The number of nitrogens with zero attached hydrogens (tertiary/aromatic N) is 1. The van der Waals surface area contributed by atoms with Crippen molar-refractivity contribution in [3.63, 3.8) is 0 Å². The third-order valence-corrected chi connectivity index (χ3v) is 4.22. The van der Waals surface area contributed by atoms with Crippen molar-refractivity contribution in [3.8, 4) is 0 Å². The molecule has 2 rings (SSSR count). The summed E-state index contributed by atoms with van der Waals surface area (Å²) in [5.74, 6) is 0. The normalized spacial score (nSPS) is 18.8. The molecule has 2 nitrogen and oxygen atoms in total. The van der Waals surface area contributed by atoms with Crippen molar-refractivity contribution in [1.82, 2.24) is 4.90 Å². The van der Waals surface area contributed by atoms with Crippen LogP contribution in [0.2, 0.25) is 10.0 Å². The molecule has 1 aliphatic heterocycles. The van der Waals surface area contributed by atoms with Crippen LogP contribution in [-0.4, -0.2) is 31.7 Å². The molecule has 0 aromatic heterocycles. The van der Waals surface area contributed by atoms with Crippen molar-refractivity contribution in [2.45, 2.75) is 25.3 Å². The molecule has 100 valence electrons. The first kappa shape index (κ1) is 14.1. The molecule has 1 aliphatic rings. The maximum atomic E-state index is 6.11. The van der Waals surface area contributed by atoms with E-state index in [4.69, 9.17) is 27.9 Å². The zero-order chi connectivity index (χ0) is 13.0. The van der Waals surface area contributed by atoms with Crippen LogP contribution in [0.4, 0.5) is 0 Å². The van der Waals surface area contributed by atoms with Crippen LogP contribution < -0.4 is 0 Å². The van der Waals surface area contributed by atoms with Gasteiger partial charge in [-0.1, -0.05) is 35.7 Å². The zero-order valence-corrected chi connectivity index (χ0v) is 12.2. The van der Waals surface area contributed by atoms with E-state index in [0.717, 1.165) is 13.1 Å². The van der Waals surface area contributed by atoms with Gasteiger partial charge >= 0.3 is 0 Å². The van der Waals surface area contributed by atoms with Crippen LogP contribution in [0, 0.1) is 0 Å². The van der Waals surface area contributed by atoms with Crippen LogP contribution in [0.5, 0.6) is 0 Å². The second kappa shape index (κ2) is 6.76. The molecule has 0 amide bonds. The molecule has 1 heterocycles. The third kappa shape index (κ3) is 3.39. The summed E-state index contributed by atoms with van der Waals surface area (Å²) in [6, 6.07) is 6.16. The van der Waals surface area contributed by atoms with Crippen LogP contribution >= 0.6 is 23.2 Å². The standard InChI is InChI=1S/C14H19Cl2NO/c1-18-10-14(17-7-3-2-4-8-17)11-5-6-12(15)13(16)9-11/h5-6,9,14H,2-4,7-8,10H2,1H3. The van der Waals surface area contributed by atoms with E-state index in [1.165, 1.54) is 24.8 Å².